The van der Waals surface area contributed by atoms with Crippen molar-refractivity contribution >= 4 is 21.9 Å². The van der Waals surface area contributed by atoms with Crippen LogP contribution in [-0.4, -0.2) is 21.2 Å². The Labute approximate surface area is 113 Å². The van der Waals surface area contributed by atoms with E-state index < -0.39 is 6.10 Å². The van der Waals surface area contributed by atoms with Crippen molar-refractivity contribution in [2.24, 2.45) is 0 Å². The van der Waals surface area contributed by atoms with Crippen molar-refractivity contribution in [2.75, 3.05) is 5.32 Å². The molecular weight excluding hydrogens is 294 g/mol. The summed E-state index contributed by atoms with van der Waals surface area (Å²) in [5, 5.41) is 13.3. The highest BCUT2D eigenvalue weighted by Crippen LogP contribution is 2.33. The number of aliphatic hydroxyl groups excluding tert-OH is 1. The quantitative estimate of drug-likeness (QED) is 0.894. The van der Waals surface area contributed by atoms with E-state index in [1.165, 1.54) is 5.56 Å². The average molecular weight is 306 g/mol. The molecular formula is C13H12BrN3O. The minimum absolute atomic E-state index is 0.137. The Bertz CT molecular complexity index is 558. The van der Waals surface area contributed by atoms with Crippen molar-refractivity contribution < 1.29 is 5.11 Å². The van der Waals surface area contributed by atoms with Gasteiger partial charge in [-0.2, -0.15) is 0 Å². The van der Waals surface area contributed by atoms with Crippen LogP contribution in [0.25, 0.3) is 0 Å². The van der Waals surface area contributed by atoms with E-state index in [2.05, 4.69) is 31.2 Å². The summed E-state index contributed by atoms with van der Waals surface area (Å²) in [4.78, 5) is 8.34. The molecule has 1 aromatic carbocycles. The fourth-order valence-electron chi connectivity index (χ4n) is 2.27. The zero-order valence-electron chi connectivity index (χ0n) is 9.55. The van der Waals surface area contributed by atoms with Gasteiger partial charge in [0.05, 0.1) is 16.6 Å². The first-order chi connectivity index (χ1) is 8.74. The fourth-order valence-corrected chi connectivity index (χ4v) is 2.48. The summed E-state index contributed by atoms with van der Waals surface area (Å²) in [5.74, 6) is 0.527. The molecule has 92 valence electrons. The van der Waals surface area contributed by atoms with Crippen molar-refractivity contribution in [3.8, 4) is 0 Å². The van der Waals surface area contributed by atoms with Crippen LogP contribution in [-0.2, 0) is 6.42 Å². The number of hydrogen-bond donors (Lipinski definition) is 2. The number of halogens is 1. The second kappa shape index (κ2) is 4.66. The van der Waals surface area contributed by atoms with E-state index in [1.807, 2.05) is 24.3 Å². The lowest BCUT2D eigenvalue weighted by Gasteiger charge is -2.17. The Balaban J connectivity index is 1.87. The molecule has 0 unspecified atom stereocenters. The molecule has 0 saturated heterocycles. The van der Waals surface area contributed by atoms with Crippen LogP contribution < -0.4 is 5.32 Å². The van der Waals surface area contributed by atoms with E-state index in [0.717, 1.165) is 10.0 Å². The van der Waals surface area contributed by atoms with Gasteiger partial charge in [0.25, 0.3) is 0 Å². The molecule has 1 aliphatic rings. The van der Waals surface area contributed by atoms with Crippen LogP contribution in [0.15, 0.2) is 41.1 Å². The Hall–Kier alpha value is -1.46. The van der Waals surface area contributed by atoms with E-state index >= 15 is 0 Å². The molecule has 0 spiro atoms. The van der Waals surface area contributed by atoms with Gasteiger partial charge in [-0.05, 0) is 27.1 Å². The number of fused-ring (bicyclic) bond motifs is 1. The summed E-state index contributed by atoms with van der Waals surface area (Å²) in [5.41, 5.74) is 2.30. The lowest BCUT2D eigenvalue weighted by atomic mass is 10.1. The third kappa shape index (κ3) is 2.11. The second-order valence-electron chi connectivity index (χ2n) is 4.32. The minimum atomic E-state index is -0.436. The Kier molecular flexibility index (Phi) is 3.01. The van der Waals surface area contributed by atoms with Crippen LogP contribution in [0.4, 0.5) is 5.95 Å². The zero-order valence-corrected chi connectivity index (χ0v) is 11.1. The highest BCUT2D eigenvalue weighted by molar-refractivity contribution is 9.10. The number of aromatic nitrogens is 2. The lowest BCUT2D eigenvalue weighted by Crippen LogP contribution is -2.22. The van der Waals surface area contributed by atoms with Gasteiger partial charge in [-0.1, -0.05) is 24.3 Å². The molecule has 0 amide bonds. The number of nitrogens with zero attached hydrogens (tertiary/aromatic N) is 2. The highest BCUT2D eigenvalue weighted by Gasteiger charge is 2.30. The van der Waals surface area contributed by atoms with Gasteiger partial charge >= 0.3 is 0 Å². The van der Waals surface area contributed by atoms with Crippen LogP contribution >= 0.6 is 15.9 Å². The summed E-state index contributed by atoms with van der Waals surface area (Å²) >= 11 is 3.29. The summed E-state index contributed by atoms with van der Waals surface area (Å²) in [7, 11) is 0. The van der Waals surface area contributed by atoms with Gasteiger partial charge < -0.3 is 10.4 Å². The summed E-state index contributed by atoms with van der Waals surface area (Å²) < 4.78 is 0.834. The standard InChI is InChI=1S/C13H12BrN3O/c14-9-6-15-13(16-7-9)17-12-10-4-2-1-3-8(10)5-11(12)18/h1-4,6-7,11-12,18H,5H2,(H,15,16,17)/t11-,12+/m0/s1. The van der Waals surface area contributed by atoms with Crippen molar-refractivity contribution in [2.45, 2.75) is 18.6 Å². The Morgan fingerprint density at radius 3 is 2.72 bits per heavy atom. The highest BCUT2D eigenvalue weighted by atomic mass is 79.9. The predicted octanol–water partition coefficient (Wildman–Crippen LogP) is 2.31. The first-order valence-electron chi connectivity index (χ1n) is 5.74. The second-order valence-corrected chi connectivity index (χ2v) is 5.23. The van der Waals surface area contributed by atoms with E-state index in [4.69, 9.17) is 0 Å². The number of aliphatic hydroxyl groups is 1. The first-order valence-corrected chi connectivity index (χ1v) is 6.53. The largest absolute Gasteiger partial charge is 0.390 e. The first kappa shape index (κ1) is 11.6. The van der Waals surface area contributed by atoms with E-state index in [9.17, 15) is 5.11 Å². The lowest BCUT2D eigenvalue weighted by molar-refractivity contribution is 0.165. The molecule has 18 heavy (non-hydrogen) atoms. The van der Waals surface area contributed by atoms with E-state index in [0.29, 0.717) is 12.4 Å². The molecule has 4 nitrogen and oxygen atoms in total. The molecule has 3 rings (SSSR count). The normalized spacial score (nSPS) is 21.7. The van der Waals surface area contributed by atoms with E-state index in [-0.39, 0.29) is 6.04 Å². The smallest absolute Gasteiger partial charge is 0.223 e. The SMILES string of the molecule is O[C@H]1Cc2ccccc2[C@H]1Nc1ncc(Br)cn1. The summed E-state index contributed by atoms with van der Waals surface area (Å²) in [6.07, 6.45) is 3.60. The number of anilines is 1. The monoisotopic (exact) mass is 305 g/mol. The van der Waals surface area contributed by atoms with Crippen LogP contribution in [0.1, 0.15) is 17.2 Å². The van der Waals surface area contributed by atoms with Crippen molar-refractivity contribution in [3.05, 3.63) is 52.3 Å². The molecule has 0 bridgehead atoms. The maximum atomic E-state index is 10.1. The van der Waals surface area contributed by atoms with Crippen LogP contribution in [0.2, 0.25) is 0 Å². The van der Waals surface area contributed by atoms with Crippen LogP contribution in [0, 0.1) is 0 Å². The molecule has 0 saturated carbocycles. The van der Waals surface area contributed by atoms with Gasteiger partial charge in [-0.3, -0.25) is 0 Å². The molecule has 1 aliphatic carbocycles. The molecule has 2 N–H and O–H groups in total. The molecule has 2 atom stereocenters. The van der Waals surface area contributed by atoms with Gasteiger partial charge in [0.15, 0.2) is 0 Å². The molecule has 0 fully saturated rings. The Morgan fingerprint density at radius 1 is 1.22 bits per heavy atom. The van der Waals surface area contributed by atoms with Crippen LogP contribution in [0.5, 0.6) is 0 Å². The number of nitrogens with one attached hydrogen (secondary N) is 1. The third-order valence-corrected chi connectivity index (χ3v) is 3.52. The third-order valence-electron chi connectivity index (χ3n) is 3.11. The number of rotatable bonds is 2. The predicted molar refractivity (Wildman–Crippen MR) is 72.2 cm³/mol. The number of hydrogen-bond acceptors (Lipinski definition) is 4. The summed E-state index contributed by atoms with van der Waals surface area (Å²) in [6.45, 7) is 0. The maximum absolute atomic E-state index is 10.1. The summed E-state index contributed by atoms with van der Waals surface area (Å²) in [6, 6.07) is 7.91. The molecule has 0 aliphatic heterocycles. The van der Waals surface area contributed by atoms with Gasteiger partial charge in [0.1, 0.15) is 0 Å². The molecule has 5 heteroatoms. The van der Waals surface area contributed by atoms with Gasteiger partial charge in [0, 0.05) is 18.8 Å². The van der Waals surface area contributed by atoms with Crippen molar-refractivity contribution in [1.29, 1.82) is 0 Å². The topological polar surface area (TPSA) is 58.0 Å². The van der Waals surface area contributed by atoms with Crippen molar-refractivity contribution in [3.63, 3.8) is 0 Å². The maximum Gasteiger partial charge on any atom is 0.223 e. The average Bonchev–Trinajstić information content (AvgIpc) is 2.69. The fraction of sp³-hybridized carbons (Fsp3) is 0.231. The number of benzene rings is 1. The van der Waals surface area contributed by atoms with Crippen molar-refractivity contribution in [1.82, 2.24) is 9.97 Å². The van der Waals surface area contributed by atoms with Gasteiger partial charge in [0.2, 0.25) is 5.95 Å². The van der Waals surface area contributed by atoms with E-state index in [1.54, 1.807) is 12.4 Å². The molecule has 1 aromatic heterocycles. The Morgan fingerprint density at radius 2 is 1.94 bits per heavy atom. The molecule has 1 heterocycles. The zero-order chi connectivity index (χ0) is 12.5. The van der Waals surface area contributed by atoms with Gasteiger partial charge in [-0.25, -0.2) is 9.97 Å². The minimum Gasteiger partial charge on any atom is -0.390 e. The van der Waals surface area contributed by atoms with Gasteiger partial charge in [-0.15, -0.1) is 0 Å². The van der Waals surface area contributed by atoms with Crippen LogP contribution in [0.3, 0.4) is 0 Å². The molecule has 2 aromatic rings. The molecule has 0 radical (unpaired) electrons.